The zero-order chi connectivity index (χ0) is 17.7. The van der Waals surface area contributed by atoms with Gasteiger partial charge in [0.1, 0.15) is 11.5 Å². The lowest BCUT2D eigenvalue weighted by molar-refractivity contribution is -0.118. The fourth-order valence-electron chi connectivity index (χ4n) is 2.36. The van der Waals surface area contributed by atoms with Crippen molar-refractivity contribution in [2.24, 2.45) is 14.1 Å². The molecular formula is C16H21N5O3. The summed E-state index contributed by atoms with van der Waals surface area (Å²) in [5.74, 6) is 0.0108. The zero-order valence-corrected chi connectivity index (χ0v) is 14.0. The minimum Gasteiger partial charge on any atom is -0.387 e. The molecule has 2 N–H and O–H groups in total. The molecule has 8 heteroatoms. The third kappa shape index (κ3) is 4.09. The number of rotatable bonds is 8. The number of ketones is 1. The molecule has 2 aromatic heterocycles. The predicted molar refractivity (Wildman–Crippen MR) is 89.2 cm³/mol. The molecule has 0 atom stereocenters. The number of nitrogens with one attached hydrogen (secondary N) is 2. The van der Waals surface area contributed by atoms with Crippen molar-refractivity contribution in [2.75, 3.05) is 18.9 Å². The molecule has 0 aliphatic rings. The van der Waals surface area contributed by atoms with E-state index in [-0.39, 0.29) is 36.9 Å². The Morgan fingerprint density at radius 3 is 2.58 bits per heavy atom. The van der Waals surface area contributed by atoms with Crippen molar-refractivity contribution in [3.8, 4) is 0 Å². The fraction of sp³-hybridized carbons (Fsp3) is 0.375. The summed E-state index contributed by atoms with van der Waals surface area (Å²) in [4.78, 5) is 38.8. The summed E-state index contributed by atoms with van der Waals surface area (Å²) in [6.45, 7) is 0.255. The van der Waals surface area contributed by atoms with Gasteiger partial charge in [0, 0.05) is 46.5 Å². The Balaban J connectivity index is 1.82. The van der Waals surface area contributed by atoms with Gasteiger partial charge >= 0.3 is 0 Å². The molecule has 0 saturated carbocycles. The van der Waals surface area contributed by atoms with Crippen LogP contribution in [0.25, 0.3) is 0 Å². The number of anilines is 1. The van der Waals surface area contributed by atoms with Gasteiger partial charge in [-0.1, -0.05) is 0 Å². The monoisotopic (exact) mass is 331 g/mol. The Kier molecular flexibility index (Phi) is 5.51. The van der Waals surface area contributed by atoms with Crippen LogP contribution in [0, 0.1) is 0 Å². The van der Waals surface area contributed by atoms with Gasteiger partial charge in [-0.15, -0.1) is 0 Å². The van der Waals surface area contributed by atoms with E-state index < -0.39 is 0 Å². The number of carbonyl (C=O) groups is 3. The summed E-state index contributed by atoms with van der Waals surface area (Å²) in [7, 11) is 5.26. The Morgan fingerprint density at radius 2 is 2.00 bits per heavy atom. The Labute approximate surface area is 139 Å². The molecule has 2 rings (SSSR count). The summed E-state index contributed by atoms with van der Waals surface area (Å²) in [6, 6.07) is 1.74. The quantitative estimate of drug-likeness (QED) is 0.688. The van der Waals surface area contributed by atoms with E-state index in [1.807, 2.05) is 6.20 Å². The number of hydrogen-bond acceptors (Lipinski definition) is 5. The number of imidazole rings is 1. The molecular weight excluding hydrogens is 310 g/mol. The maximum Gasteiger partial charge on any atom is 0.267 e. The van der Waals surface area contributed by atoms with E-state index in [9.17, 15) is 14.4 Å². The molecule has 24 heavy (non-hydrogen) atoms. The maximum atomic E-state index is 12.1. The fourth-order valence-corrected chi connectivity index (χ4v) is 2.36. The molecule has 0 spiro atoms. The number of amides is 1. The van der Waals surface area contributed by atoms with Gasteiger partial charge in [0.15, 0.2) is 12.1 Å². The number of aromatic nitrogens is 3. The van der Waals surface area contributed by atoms with E-state index in [4.69, 9.17) is 0 Å². The lowest BCUT2D eigenvalue weighted by Crippen LogP contribution is -2.27. The normalized spacial score (nSPS) is 10.5. The first-order chi connectivity index (χ1) is 11.4. The average Bonchev–Trinajstić information content (AvgIpc) is 3.09. The molecule has 128 valence electrons. The molecule has 0 fully saturated rings. The number of carbonyl (C=O) groups excluding carboxylic acids is 3. The van der Waals surface area contributed by atoms with Gasteiger partial charge in [-0.3, -0.25) is 14.4 Å². The first-order valence-corrected chi connectivity index (χ1v) is 7.56. The number of nitrogens with zero attached hydrogens (tertiary/aromatic N) is 3. The van der Waals surface area contributed by atoms with Crippen LogP contribution in [-0.2, 0) is 25.3 Å². The van der Waals surface area contributed by atoms with Gasteiger partial charge < -0.3 is 19.8 Å². The van der Waals surface area contributed by atoms with Crippen molar-refractivity contribution in [1.82, 2.24) is 19.4 Å². The number of Topliss-reactive ketones (excluding diaryl/α,β-unsaturated/α-hetero) is 1. The molecule has 0 aliphatic carbocycles. The highest BCUT2D eigenvalue weighted by molar-refractivity contribution is 5.94. The van der Waals surface area contributed by atoms with E-state index >= 15 is 0 Å². The van der Waals surface area contributed by atoms with Crippen molar-refractivity contribution < 1.29 is 14.4 Å². The van der Waals surface area contributed by atoms with Gasteiger partial charge in [-0.2, -0.15) is 0 Å². The van der Waals surface area contributed by atoms with Crippen molar-refractivity contribution >= 4 is 23.7 Å². The Bertz CT molecular complexity index is 760. The molecule has 1 amide bonds. The molecule has 0 bridgehead atoms. The minimum absolute atomic E-state index is 0.0476. The molecule has 2 heterocycles. The predicted octanol–water partition coefficient (Wildman–Crippen LogP) is 0.544. The lowest BCUT2D eigenvalue weighted by Gasteiger charge is -2.05. The van der Waals surface area contributed by atoms with E-state index in [0.29, 0.717) is 17.7 Å². The summed E-state index contributed by atoms with van der Waals surface area (Å²) in [5.41, 5.74) is 1.92. The molecule has 0 aromatic carbocycles. The van der Waals surface area contributed by atoms with Gasteiger partial charge in [-0.05, 0) is 6.07 Å². The molecule has 0 saturated heterocycles. The number of aldehydes is 1. The highest BCUT2D eigenvalue weighted by atomic mass is 16.2. The standard InChI is InChI=1S/C16H21N5O3/c1-17-11-7-14(20(2)8-11)16(24)18-5-4-13(23)6-12-9-21(3)15(10-22)19-12/h7-10,17H,4-6H2,1-3H3,(H,18,24). The maximum absolute atomic E-state index is 12.1. The largest absolute Gasteiger partial charge is 0.387 e. The zero-order valence-electron chi connectivity index (χ0n) is 14.0. The van der Waals surface area contributed by atoms with Crippen LogP contribution < -0.4 is 10.6 Å². The Morgan fingerprint density at radius 1 is 1.25 bits per heavy atom. The SMILES string of the molecule is CNc1cc(C(=O)NCCC(=O)Cc2cn(C)c(C=O)n2)n(C)c1. The summed E-state index contributed by atoms with van der Waals surface area (Å²) in [5, 5.41) is 5.70. The molecule has 0 aliphatic heterocycles. The molecule has 8 nitrogen and oxygen atoms in total. The van der Waals surface area contributed by atoms with Gasteiger partial charge in [0.05, 0.1) is 17.8 Å². The van der Waals surface area contributed by atoms with Gasteiger partial charge in [0.25, 0.3) is 5.91 Å². The lowest BCUT2D eigenvalue weighted by atomic mass is 10.2. The molecule has 2 aromatic rings. The molecule has 0 radical (unpaired) electrons. The summed E-state index contributed by atoms with van der Waals surface area (Å²) < 4.78 is 3.30. The van der Waals surface area contributed by atoms with E-state index in [2.05, 4.69) is 15.6 Å². The van der Waals surface area contributed by atoms with E-state index in [1.54, 1.807) is 42.5 Å². The molecule has 0 unspecified atom stereocenters. The van der Waals surface area contributed by atoms with Crippen LogP contribution in [0.4, 0.5) is 5.69 Å². The van der Waals surface area contributed by atoms with Crippen LogP contribution in [0.1, 0.15) is 33.2 Å². The van der Waals surface area contributed by atoms with Crippen molar-refractivity contribution in [2.45, 2.75) is 12.8 Å². The minimum atomic E-state index is -0.229. The van der Waals surface area contributed by atoms with Crippen molar-refractivity contribution in [1.29, 1.82) is 0 Å². The highest BCUT2D eigenvalue weighted by Crippen LogP contribution is 2.11. The van der Waals surface area contributed by atoms with Crippen molar-refractivity contribution in [3.05, 3.63) is 35.7 Å². The second kappa shape index (κ2) is 7.58. The average molecular weight is 331 g/mol. The first kappa shape index (κ1) is 17.5. The third-order valence-corrected chi connectivity index (χ3v) is 3.66. The van der Waals surface area contributed by atoms with Crippen LogP contribution in [0.5, 0.6) is 0 Å². The highest BCUT2D eigenvalue weighted by Gasteiger charge is 2.13. The van der Waals surface area contributed by atoms with Crippen LogP contribution in [0.2, 0.25) is 0 Å². The number of aryl methyl sites for hydroxylation is 2. The van der Waals surface area contributed by atoms with Crippen LogP contribution >= 0.6 is 0 Å². The summed E-state index contributed by atoms with van der Waals surface area (Å²) >= 11 is 0. The Hall–Kier alpha value is -2.90. The van der Waals surface area contributed by atoms with Crippen molar-refractivity contribution in [3.63, 3.8) is 0 Å². The number of hydrogen-bond donors (Lipinski definition) is 2. The van der Waals surface area contributed by atoms with Gasteiger partial charge in [0.2, 0.25) is 0 Å². The third-order valence-electron chi connectivity index (χ3n) is 3.66. The van der Waals surface area contributed by atoms with E-state index in [0.717, 1.165) is 5.69 Å². The van der Waals surface area contributed by atoms with Crippen LogP contribution in [0.3, 0.4) is 0 Å². The topological polar surface area (TPSA) is 98.0 Å². The second-order valence-corrected chi connectivity index (χ2v) is 5.52. The van der Waals surface area contributed by atoms with Crippen LogP contribution in [0.15, 0.2) is 18.5 Å². The summed E-state index contributed by atoms with van der Waals surface area (Å²) in [6.07, 6.45) is 4.47. The van der Waals surface area contributed by atoms with Crippen LogP contribution in [-0.4, -0.2) is 45.7 Å². The van der Waals surface area contributed by atoms with E-state index in [1.165, 1.54) is 0 Å². The first-order valence-electron chi connectivity index (χ1n) is 7.56. The second-order valence-electron chi connectivity index (χ2n) is 5.52. The smallest absolute Gasteiger partial charge is 0.267 e. The van der Waals surface area contributed by atoms with Gasteiger partial charge in [-0.25, -0.2) is 4.98 Å².